The molecule has 0 fully saturated rings. The van der Waals surface area contributed by atoms with Crippen molar-refractivity contribution in [1.82, 2.24) is 9.55 Å². The summed E-state index contributed by atoms with van der Waals surface area (Å²) in [5.41, 5.74) is 3.72. The molecule has 0 N–H and O–H groups in total. The Labute approximate surface area is 116 Å². The van der Waals surface area contributed by atoms with Crippen LogP contribution >= 0.6 is 15.9 Å². The van der Waals surface area contributed by atoms with E-state index in [0.717, 1.165) is 16.6 Å². The van der Waals surface area contributed by atoms with Crippen LogP contribution in [-0.4, -0.2) is 9.55 Å². The zero-order valence-electron chi connectivity index (χ0n) is 10.8. The van der Waals surface area contributed by atoms with Gasteiger partial charge in [0, 0.05) is 22.5 Å². The standard InChI is InChI=1S/C15H17BrN2/c1-10-4-3-5-14-17-11(2)15(18(10)14)12-6-8-13(16)9-7-12/h6-10H,3-5H2,1-2H3. The molecule has 3 heteroatoms. The highest BCUT2D eigenvalue weighted by Crippen LogP contribution is 2.34. The molecule has 94 valence electrons. The van der Waals surface area contributed by atoms with E-state index in [1.54, 1.807) is 0 Å². The Balaban J connectivity index is 2.17. The van der Waals surface area contributed by atoms with Crippen LogP contribution in [0.1, 0.15) is 37.3 Å². The fourth-order valence-corrected chi connectivity index (χ4v) is 3.16. The minimum Gasteiger partial charge on any atom is -0.325 e. The first kappa shape index (κ1) is 12.0. The third-order valence-electron chi connectivity index (χ3n) is 3.74. The highest BCUT2D eigenvalue weighted by Gasteiger charge is 2.23. The number of benzene rings is 1. The molecule has 18 heavy (non-hydrogen) atoms. The van der Waals surface area contributed by atoms with E-state index in [-0.39, 0.29) is 0 Å². The molecule has 0 amide bonds. The number of hydrogen-bond donors (Lipinski definition) is 0. The van der Waals surface area contributed by atoms with Crippen LogP contribution < -0.4 is 0 Å². The summed E-state index contributed by atoms with van der Waals surface area (Å²) < 4.78 is 3.55. The number of aryl methyl sites for hydroxylation is 2. The van der Waals surface area contributed by atoms with E-state index < -0.39 is 0 Å². The number of imidazole rings is 1. The van der Waals surface area contributed by atoms with Gasteiger partial charge < -0.3 is 4.57 Å². The number of fused-ring (bicyclic) bond motifs is 1. The van der Waals surface area contributed by atoms with Crippen molar-refractivity contribution in [2.75, 3.05) is 0 Å². The number of aromatic nitrogens is 2. The first-order valence-electron chi connectivity index (χ1n) is 6.50. The van der Waals surface area contributed by atoms with Crippen molar-refractivity contribution >= 4 is 15.9 Å². The van der Waals surface area contributed by atoms with Gasteiger partial charge in [-0.3, -0.25) is 0 Å². The second-order valence-electron chi connectivity index (χ2n) is 5.08. The van der Waals surface area contributed by atoms with Gasteiger partial charge in [0.1, 0.15) is 5.82 Å². The Hall–Kier alpha value is -1.09. The third kappa shape index (κ3) is 1.91. The van der Waals surface area contributed by atoms with E-state index in [1.165, 1.54) is 29.9 Å². The molecule has 1 atom stereocenters. The van der Waals surface area contributed by atoms with Gasteiger partial charge in [0.05, 0.1) is 11.4 Å². The average molecular weight is 305 g/mol. The van der Waals surface area contributed by atoms with Crippen LogP contribution in [0.2, 0.25) is 0 Å². The van der Waals surface area contributed by atoms with E-state index in [1.807, 2.05) is 0 Å². The minimum absolute atomic E-state index is 0.564. The highest BCUT2D eigenvalue weighted by atomic mass is 79.9. The van der Waals surface area contributed by atoms with Crippen molar-refractivity contribution in [3.8, 4) is 11.3 Å². The first-order chi connectivity index (χ1) is 8.66. The van der Waals surface area contributed by atoms with E-state index in [9.17, 15) is 0 Å². The smallest absolute Gasteiger partial charge is 0.109 e. The Bertz CT molecular complexity index is 569. The SMILES string of the molecule is Cc1nc2n(c1-c1ccc(Br)cc1)C(C)CCC2. The Kier molecular flexibility index (Phi) is 3.02. The first-order valence-corrected chi connectivity index (χ1v) is 7.30. The normalized spacial score (nSPS) is 18.7. The number of nitrogens with zero attached hydrogens (tertiary/aromatic N) is 2. The van der Waals surface area contributed by atoms with Crippen LogP contribution in [0.4, 0.5) is 0 Å². The van der Waals surface area contributed by atoms with Crippen LogP contribution in [0.15, 0.2) is 28.7 Å². The molecule has 1 aliphatic heterocycles. The van der Waals surface area contributed by atoms with E-state index in [0.29, 0.717) is 6.04 Å². The van der Waals surface area contributed by atoms with E-state index in [2.05, 4.69) is 58.6 Å². The maximum atomic E-state index is 4.75. The summed E-state index contributed by atoms with van der Waals surface area (Å²) in [6, 6.07) is 9.10. The maximum absolute atomic E-state index is 4.75. The molecule has 1 aliphatic rings. The summed E-state index contributed by atoms with van der Waals surface area (Å²) in [6.07, 6.45) is 3.63. The summed E-state index contributed by atoms with van der Waals surface area (Å²) in [5.74, 6) is 1.25. The van der Waals surface area contributed by atoms with Gasteiger partial charge in [0.2, 0.25) is 0 Å². The van der Waals surface area contributed by atoms with Crippen LogP contribution in [-0.2, 0) is 6.42 Å². The van der Waals surface area contributed by atoms with Gasteiger partial charge in [-0.2, -0.15) is 0 Å². The van der Waals surface area contributed by atoms with E-state index >= 15 is 0 Å². The van der Waals surface area contributed by atoms with Gasteiger partial charge in [-0.05, 0) is 38.8 Å². The number of halogens is 1. The molecule has 0 saturated carbocycles. The predicted molar refractivity (Wildman–Crippen MR) is 77.7 cm³/mol. The van der Waals surface area contributed by atoms with Gasteiger partial charge in [0.15, 0.2) is 0 Å². The van der Waals surface area contributed by atoms with Crippen LogP contribution in [0.3, 0.4) is 0 Å². The average Bonchev–Trinajstić information content (AvgIpc) is 2.68. The monoisotopic (exact) mass is 304 g/mol. The van der Waals surface area contributed by atoms with Crippen molar-refractivity contribution in [3.63, 3.8) is 0 Å². The molecule has 0 saturated heterocycles. The van der Waals surface area contributed by atoms with Crippen molar-refractivity contribution in [3.05, 3.63) is 40.3 Å². The molecule has 0 spiro atoms. The Morgan fingerprint density at radius 1 is 1.28 bits per heavy atom. The lowest BCUT2D eigenvalue weighted by molar-refractivity contribution is 0.429. The molecule has 2 aromatic rings. The van der Waals surface area contributed by atoms with Crippen molar-refractivity contribution < 1.29 is 0 Å². The van der Waals surface area contributed by atoms with Crippen molar-refractivity contribution in [2.45, 2.75) is 39.2 Å². The van der Waals surface area contributed by atoms with Crippen LogP contribution in [0.5, 0.6) is 0 Å². The van der Waals surface area contributed by atoms with Crippen LogP contribution in [0, 0.1) is 6.92 Å². The molecule has 2 nitrogen and oxygen atoms in total. The molecule has 1 aromatic heterocycles. The summed E-state index contributed by atoms with van der Waals surface area (Å²) in [6.45, 7) is 4.42. The number of rotatable bonds is 1. The zero-order valence-corrected chi connectivity index (χ0v) is 12.4. The van der Waals surface area contributed by atoms with Crippen molar-refractivity contribution in [2.24, 2.45) is 0 Å². The summed E-state index contributed by atoms with van der Waals surface area (Å²) in [5, 5.41) is 0. The van der Waals surface area contributed by atoms with E-state index in [4.69, 9.17) is 4.98 Å². The fraction of sp³-hybridized carbons (Fsp3) is 0.400. The van der Waals surface area contributed by atoms with Crippen molar-refractivity contribution in [1.29, 1.82) is 0 Å². The second kappa shape index (κ2) is 4.54. The summed E-state index contributed by atoms with van der Waals surface area (Å²) >= 11 is 3.49. The van der Waals surface area contributed by atoms with Gasteiger partial charge in [-0.1, -0.05) is 28.1 Å². The summed E-state index contributed by atoms with van der Waals surface area (Å²) in [4.78, 5) is 4.75. The van der Waals surface area contributed by atoms with Gasteiger partial charge in [-0.25, -0.2) is 4.98 Å². The number of hydrogen-bond acceptors (Lipinski definition) is 1. The molecule has 2 heterocycles. The Morgan fingerprint density at radius 2 is 2.00 bits per heavy atom. The summed E-state index contributed by atoms with van der Waals surface area (Å²) in [7, 11) is 0. The highest BCUT2D eigenvalue weighted by molar-refractivity contribution is 9.10. The van der Waals surface area contributed by atoms with Gasteiger partial charge in [0.25, 0.3) is 0 Å². The molecule has 3 rings (SSSR count). The molecular formula is C15H17BrN2. The predicted octanol–water partition coefficient (Wildman–Crippen LogP) is 4.52. The molecule has 1 unspecified atom stereocenters. The molecular weight excluding hydrogens is 288 g/mol. The lowest BCUT2D eigenvalue weighted by Crippen LogP contribution is -2.16. The molecule has 0 aliphatic carbocycles. The molecule has 0 bridgehead atoms. The third-order valence-corrected chi connectivity index (χ3v) is 4.27. The topological polar surface area (TPSA) is 17.8 Å². The Morgan fingerprint density at radius 3 is 2.72 bits per heavy atom. The van der Waals surface area contributed by atoms with Crippen LogP contribution in [0.25, 0.3) is 11.3 Å². The maximum Gasteiger partial charge on any atom is 0.109 e. The minimum atomic E-state index is 0.564. The lowest BCUT2D eigenvalue weighted by atomic mass is 10.0. The quantitative estimate of drug-likeness (QED) is 0.757. The van der Waals surface area contributed by atoms with Gasteiger partial charge in [-0.15, -0.1) is 0 Å². The fourth-order valence-electron chi connectivity index (χ4n) is 2.90. The second-order valence-corrected chi connectivity index (χ2v) is 6.00. The molecule has 0 radical (unpaired) electrons. The molecule has 1 aromatic carbocycles. The van der Waals surface area contributed by atoms with Gasteiger partial charge >= 0.3 is 0 Å². The zero-order chi connectivity index (χ0) is 12.7. The largest absolute Gasteiger partial charge is 0.325 e. The lowest BCUT2D eigenvalue weighted by Gasteiger charge is -2.24.